The van der Waals surface area contributed by atoms with Crippen LogP contribution in [0, 0.1) is 0 Å². The molecule has 0 aromatic heterocycles. The summed E-state index contributed by atoms with van der Waals surface area (Å²) in [5.41, 5.74) is 2.45. The lowest BCUT2D eigenvalue weighted by atomic mass is 9.92. The summed E-state index contributed by atoms with van der Waals surface area (Å²) in [4.78, 5) is 11.6. The molecule has 2 unspecified atom stereocenters. The number of esters is 1. The van der Waals surface area contributed by atoms with Crippen LogP contribution >= 0.6 is 0 Å². The number of hydrogen-bond donors (Lipinski definition) is 0. The summed E-state index contributed by atoms with van der Waals surface area (Å²) in [6.45, 7) is 0. The topological polar surface area (TPSA) is 60.4 Å². The van der Waals surface area contributed by atoms with Gasteiger partial charge in [0, 0.05) is 0 Å². The third-order valence-electron chi connectivity index (χ3n) is 4.39. The highest BCUT2D eigenvalue weighted by atomic mass is 32.2. The van der Waals surface area contributed by atoms with Crippen molar-refractivity contribution in [3.8, 4) is 0 Å². The first-order chi connectivity index (χ1) is 10.0. The van der Waals surface area contributed by atoms with E-state index < -0.39 is 9.84 Å². The van der Waals surface area contributed by atoms with Crippen LogP contribution in [0.2, 0.25) is 0 Å². The first kappa shape index (κ1) is 14.3. The largest absolute Gasteiger partial charge is 0.465 e. The van der Waals surface area contributed by atoms with Crippen molar-refractivity contribution in [1.29, 1.82) is 0 Å². The van der Waals surface area contributed by atoms with Gasteiger partial charge in [-0.15, -0.1) is 0 Å². The predicted molar refractivity (Wildman–Crippen MR) is 80.7 cm³/mol. The minimum absolute atomic E-state index is 0.266. The molecule has 0 aliphatic carbocycles. The van der Waals surface area contributed by atoms with Crippen molar-refractivity contribution in [2.75, 3.05) is 7.11 Å². The Kier molecular flexibility index (Phi) is 3.61. The van der Waals surface area contributed by atoms with Crippen molar-refractivity contribution in [3.63, 3.8) is 0 Å². The van der Waals surface area contributed by atoms with Crippen LogP contribution in [0.5, 0.6) is 0 Å². The molecule has 2 heterocycles. The summed E-state index contributed by atoms with van der Waals surface area (Å²) in [5.74, 6) is -0.374. The molecule has 2 aliphatic heterocycles. The van der Waals surface area contributed by atoms with E-state index in [4.69, 9.17) is 4.74 Å². The van der Waals surface area contributed by atoms with E-state index in [0.717, 1.165) is 24.0 Å². The fraction of sp³-hybridized carbons (Fsp3) is 0.438. The molecule has 0 amide bonds. The van der Waals surface area contributed by atoms with Gasteiger partial charge in [-0.1, -0.05) is 24.6 Å². The molecule has 2 atom stereocenters. The third-order valence-corrected chi connectivity index (χ3v) is 6.94. The minimum Gasteiger partial charge on any atom is -0.465 e. The van der Waals surface area contributed by atoms with Gasteiger partial charge in [0.15, 0.2) is 9.84 Å². The van der Waals surface area contributed by atoms with Gasteiger partial charge in [0.25, 0.3) is 0 Å². The highest BCUT2D eigenvalue weighted by Crippen LogP contribution is 2.39. The Morgan fingerprint density at radius 2 is 2.10 bits per heavy atom. The maximum atomic E-state index is 12.3. The Bertz CT molecular complexity index is 703. The van der Waals surface area contributed by atoms with Crippen molar-refractivity contribution >= 4 is 21.4 Å². The van der Waals surface area contributed by atoms with E-state index in [0.29, 0.717) is 18.4 Å². The van der Waals surface area contributed by atoms with E-state index in [-0.39, 0.29) is 16.5 Å². The monoisotopic (exact) mass is 306 g/mol. The molecule has 0 spiro atoms. The third kappa shape index (κ3) is 2.50. The number of benzene rings is 1. The van der Waals surface area contributed by atoms with Gasteiger partial charge in [-0.05, 0) is 42.5 Å². The van der Waals surface area contributed by atoms with Crippen LogP contribution in [0.15, 0.2) is 30.3 Å². The van der Waals surface area contributed by atoms with Crippen LogP contribution in [0.3, 0.4) is 0 Å². The number of hydrogen-bond acceptors (Lipinski definition) is 4. The Morgan fingerprint density at radius 3 is 2.81 bits per heavy atom. The SMILES string of the molecule is COC(=O)c1cccc(C2=CC3CCCC(C2)S3(=O)=O)c1. The molecule has 0 saturated carbocycles. The van der Waals surface area contributed by atoms with E-state index in [1.54, 1.807) is 18.2 Å². The molecule has 1 aromatic rings. The van der Waals surface area contributed by atoms with Gasteiger partial charge in [0.1, 0.15) is 0 Å². The van der Waals surface area contributed by atoms with Crippen LogP contribution in [-0.2, 0) is 14.6 Å². The molecular weight excluding hydrogens is 288 g/mol. The second-order valence-electron chi connectivity index (χ2n) is 5.65. The van der Waals surface area contributed by atoms with E-state index in [1.165, 1.54) is 7.11 Å². The summed E-state index contributed by atoms with van der Waals surface area (Å²) < 4.78 is 29.3. The Balaban J connectivity index is 1.98. The summed E-state index contributed by atoms with van der Waals surface area (Å²) >= 11 is 0. The molecule has 1 fully saturated rings. The molecule has 2 aliphatic rings. The standard InChI is InChI=1S/C16H18O4S/c1-20-16(17)12-5-2-4-11(8-12)13-9-14-6-3-7-15(10-13)21(14,18)19/h2,4-5,8-9,14-15H,3,6-7,10H2,1H3. The van der Waals surface area contributed by atoms with Gasteiger partial charge in [0.05, 0.1) is 23.2 Å². The van der Waals surface area contributed by atoms with Gasteiger partial charge >= 0.3 is 5.97 Å². The molecule has 0 N–H and O–H groups in total. The summed E-state index contributed by atoms with van der Waals surface area (Å²) in [7, 11) is -1.65. The van der Waals surface area contributed by atoms with Crippen LogP contribution in [0.4, 0.5) is 0 Å². The molecule has 1 aromatic carbocycles. The number of methoxy groups -OCH3 is 1. The number of fused-ring (bicyclic) bond motifs is 2. The second-order valence-corrected chi connectivity index (χ2v) is 8.10. The van der Waals surface area contributed by atoms with Gasteiger partial charge in [0.2, 0.25) is 0 Å². The van der Waals surface area contributed by atoms with Crippen molar-refractivity contribution in [2.24, 2.45) is 0 Å². The van der Waals surface area contributed by atoms with Crippen LogP contribution < -0.4 is 0 Å². The lowest BCUT2D eigenvalue weighted by Gasteiger charge is -2.33. The maximum Gasteiger partial charge on any atom is 0.337 e. The van der Waals surface area contributed by atoms with E-state index in [1.807, 2.05) is 12.1 Å². The van der Waals surface area contributed by atoms with Crippen LogP contribution in [0.1, 0.15) is 41.6 Å². The number of carbonyl (C=O) groups is 1. The first-order valence-electron chi connectivity index (χ1n) is 7.14. The molecule has 4 nitrogen and oxygen atoms in total. The van der Waals surface area contributed by atoms with Gasteiger partial charge in [-0.25, -0.2) is 13.2 Å². The second kappa shape index (κ2) is 5.30. The number of sulfone groups is 1. The lowest BCUT2D eigenvalue weighted by Crippen LogP contribution is -2.38. The van der Waals surface area contributed by atoms with E-state index in [9.17, 15) is 13.2 Å². The van der Waals surface area contributed by atoms with E-state index in [2.05, 4.69) is 0 Å². The van der Waals surface area contributed by atoms with Crippen molar-refractivity contribution in [2.45, 2.75) is 36.2 Å². The zero-order chi connectivity index (χ0) is 15.0. The Hall–Kier alpha value is -1.62. The average Bonchev–Trinajstić information content (AvgIpc) is 2.45. The molecular formula is C16H18O4S. The quantitative estimate of drug-likeness (QED) is 0.788. The van der Waals surface area contributed by atoms with Gasteiger partial charge < -0.3 is 4.74 Å². The Morgan fingerprint density at radius 1 is 1.29 bits per heavy atom. The molecule has 3 rings (SSSR count). The van der Waals surface area contributed by atoms with Gasteiger partial charge in [-0.3, -0.25) is 0 Å². The number of carbonyl (C=O) groups excluding carboxylic acids is 1. The molecule has 0 radical (unpaired) electrons. The average molecular weight is 306 g/mol. The van der Waals surface area contributed by atoms with E-state index >= 15 is 0 Å². The number of rotatable bonds is 2. The molecule has 2 bridgehead atoms. The molecule has 5 heteroatoms. The number of ether oxygens (including phenoxy) is 1. The fourth-order valence-corrected chi connectivity index (χ4v) is 5.48. The fourth-order valence-electron chi connectivity index (χ4n) is 3.23. The molecule has 21 heavy (non-hydrogen) atoms. The van der Waals surface area contributed by atoms with Crippen LogP contribution in [-0.4, -0.2) is 32.0 Å². The van der Waals surface area contributed by atoms with Crippen LogP contribution in [0.25, 0.3) is 5.57 Å². The molecule has 1 saturated heterocycles. The predicted octanol–water partition coefficient (Wildman–Crippen LogP) is 2.60. The Labute approximate surface area is 124 Å². The van der Waals surface area contributed by atoms with Gasteiger partial charge in [-0.2, -0.15) is 0 Å². The zero-order valence-corrected chi connectivity index (χ0v) is 12.7. The lowest BCUT2D eigenvalue weighted by molar-refractivity contribution is 0.0600. The highest BCUT2D eigenvalue weighted by molar-refractivity contribution is 7.93. The summed E-state index contributed by atoms with van der Waals surface area (Å²) in [6.07, 6.45) is 4.84. The summed E-state index contributed by atoms with van der Waals surface area (Å²) in [5, 5.41) is -0.625. The smallest absolute Gasteiger partial charge is 0.337 e. The molecule has 112 valence electrons. The number of allylic oxidation sites excluding steroid dienone is 1. The zero-order valence-electron chi connectivity index (χ0n) is 11.9. The maximum absolute atomic E-state index is 12.3. The highest BCUT2D eigenvalue weighted by Gasteiger charge is 2.40. The summed E-state index contributed by atoms with van der Waals surface area (Å²) in [6, 6.07) is 7.22. The first-order valence-corrected chi connectivity index (χ1v) is 8.75. The van der Waals surface area contributed by atoms with Crippen molar-refractivity contribution in [3.05, 3.63) is 41.5 Å². The minimum atomic E-state index is -3.01. The van der Waals surface area contributed by atoms with Crippen molar-refractivity contribution in [1.82, 2.24) is 0 Å². The van der Waals surface area contributed by atoms with Crippen molar-refractivity contribution < 1.29 is 17.9 Å². The normalized spacial score (nSPS) is 26.8.